The molecule has 1 aromatic carbocycles. The largest absolute Gasteiger partial charge is 0.462 e. The summed E-state index contributed by atoms with van der Waals surface area (Å²) in [6.07, 6.45) is 3.36. The normalized spacial score (nSPS) is 10.2. The fourth-order valence-electron chi connectivity index (χ4n) is 1.59. The molecule has 0 saturated heterocycles. The van der Waals surface area contributed by atoms with Crippen LogP contribution in [0.5, 0.6) is 0 Å². The third-order valence-corrected chi connectivity index (χ3v) is 2.30. The van der Waals surface area contributed by atoms with Crippen molar-refractivity contribution in [3.8, 4) is 5.69 Å². The number of ether oxygens (including phenoxy) is 1. The third-order valence-electron chi connectivity index (χ3n) is 2.30. The Bertz CT molecular complexity index is 521. The summed E-state index contributed by atoms with van der Waals surface area (Å²) in [6, 6.07) is 6.88. The molecule has 0 bridgehead atoms. The highest BCUT2D eigenvalue weighted by molar-refractivity contribution is 5.95. The molecule has 0 aliphatic rings. The molecule has 0 amide bonds. The summed E-state index contributed by atoms with van der Waals surface area (Å²) in [5, 5.41) is 4.08. The van der Waals surface area contributed by atoms with Crippen LogP contribution in [0.2, 0.25) is 0 Å². The van der Waals surface area contributed by atoms with Gasteiger partial charge in [0.25, 0.3) is 0 Å². The zero-order valence-corrected chi connectivity index (χ0v) is 9.46. The summed E-state index contributed by atoms with van der Waals surface area (Å²) >= 11 is 0. The van der Waals surface area contributed by atoms with Gasteiger partial charge in [0.2, 0.25) is 0 Å². The van der Waals surface area contributed by atoms with Crippen LogP contribution in [0.25, 0.3) is 5.69 Å². The fourth-order valence-corrected chi connectivity index (χ4v) is 1.59. The van der Waals surface area contributed by atoms with Gasteiger partial charge in [-0.25, -0.2) is 9.48 Å². The molecule has 0 saturated carbocycles. The molecule has 0 aliphatic carbocycles. The van der Waals surface area contributed by atoms with Crippen LogP contribution in [0, 0.1) is 0 Å². The van der Waals surface area contributed by atoms with E-state index in [1.54, 1.807) is 48.3 Å². The molecule has 2 N–H and O–H groups in total. The first-order valence-electron chi connectivity index (χ1n) is 5.29. The van der Waals surface area contributed by atoms with Gasteiger partial charge in [-0.15, -0.1) is 0 Å². The lowest BCUT2D eigenvalue weighted by Crippen LogP contribution is -2.12. The van der Waals surface area contributed by atoms with Crippen molar-refractivity contribution in [2.45, 2.75) is 6.92 Å². The van der Waals surface area contributed by atoms with Crippen LogP contribution in [-0.4, -0.2) is 22.4 Å². The lowest BCUT2D eigenvalue weighted by atomic mass is 10.1. The Morgan fingerprint density at radius 3 is 2.94 bits per heavy atom. The van der Waals surface area contributed by atoms with Crippen molar-refractivity contribution in [2.24, 2.45) is 0 Å². The molecule has 5 heteroatoms. The van der Waals surface area contributed by atoms with Gasteiger partial charge in [-0.3, -0.25) is 0 Å². The van der Waals surface area contributed by atoms with Gasteiger partial charge < -0.3 is 10.5 Å². The van der Waals surface area contributed by atoms with Crippen LogP contribution in [0.1, 0.15) is 17.3 Å². The van der Waals surface area contributed by atoms with Crippen LogP contribution in [-0.2, 0) is 4.74 Å². The lowest BCUT2D eigenvalue weighted by Gasteiger charge is -2.11. The van der Waals surface area contributed by atoms with Crippen molar-refractivity contribution in [3.63, 3.8) is 0 Å². The lowest BCUT2D eigenvalue weighted by molar-refractivity contribution is 0.0526. The highest BCUT2D eigenvalue weighted by Crippen LogP contribution is 2.21. The van der Waals surface area contributed by atoms with Crippen molar-refractivity contribution in [1.29, 1.82) is 0 Å². The number of carbonyl (C=O) groups is 1. The molecule has 0 fully saturated rings. The second-order valence-corrected chi connectivity index (χ2v) is 3.41. The van der Waals surface area contributed by atoms with E-state index in [9.17, 15) is 4.79 Å². The molecular formula is C12H13N3O2. The molecular weight excluding hydrogens is 218 g/mol. The smallest absolute Gasteiger partial charge is 0.340 e. The maximum atomic E-state index is 11.8. The summed E-state index contributed by atoms with van der Waals surface area (Å²) in [4.78, 5) is 11.8. The molecule has 0 spiro atoms. The summed E-state index contributed by atoms with van der Waals surface area (Å²) in [6.45, 7) is 2.09. The fraction of sp³-hybridized carbons (Fsp3) is 0.167. The first-order chi connectivity index (χ1) is 8.24. The number of benzene rings is 1. The third kappa shape index (κ3) is 2.13. The zero-order chi connectivity index (χ0) is 12.3. The van der Waals surface area contributed by atoms with Crippen LogP contribution in [0.3, 0.4) is 0 Å². The molecule has 1 heterocycles. The van der Waals surface area contributed by atoms with Gasteiger partial charge in [0, 0.05) is 12.4 Å². The maximum absolute atomic E-state index is 11.8. The van der Waals surface area contributed by atoms with E-state index in [4.69, 9.17) is 10.5 Å². The van der Waals surface area contributed by atoms with E-state index in [2.05, 4.69) is 5.10 Å². The molecule has 1 aromatic heterocycles. The number of rotatable bonds is 3. The van der Waals surface area contributed by atoms with Crippen molar-refractivity contribution in [3.05, 3.63) is 42.2 Å². The molecule has 5 nitrogen and oxygen atoms in total. The molecule has 17 heavy (non-hydrogen) atoms. The van der Waals surface area contributed by atoms with Crippen molar-refractivity contribution in [2.75, 3.05) is 12.3 Å². The number of esters is 1. The van der Waals surface area contributed by atoms with E-state index in [-0.39, 0.29) is 0 Å². The van der Waals surface area contributed by atoms with Crippen LogP contribution < -0.4 is 5.73 Å². The second-order valence-electron chi connectivity index (χ2n) is 3.41. The Hall–Kier alpha value is -2.30. The predicted octanol–water partition coefficient (Wildman–Crippen LogP) is 1.63. The van der Waals surface area contributed by atoms with Gasteiger partial charge in [-0.05, 0) is 25.1 Å². The average molecular weight is 231 g/mol. The van der Waals surface area contributed by atoms with E-state index in [1.807, 2.05) is 0 Å². The molecule has 0 atom stereocenters. The SMILES string of the molecule is CCOC(=O)c1cccc(N)c1-n1cccn1. The summed E-state index contributed by atoms with van der Waals surface area (Å²) < 4.78 is 6.54. The standard InChI is InChI=1S/C12H13N3O2/c1-2-17-12(16)9-5-3-6-10(13)11(9)15-8-4-7-14-15/h3-8H,2,13H2,1H3. The molecule has 0 radical (unpaired) electrons. The van der Waals surface area contributed by atoms with Gasteiger partial charge >= 0.3 is 5.97 Å². The second kappa shape index (κ2) is 4.69. The van der Waals surface area contributed by atoms with Crippen molar-refractivity contribution < 1.29 is 9.53 Å². The first kappa shape index (κ1) is 11.2. The minimum Gasteiger partial charge on any atom is -0.462 e. The monoisotopic (exact) mass is 231 g/mol. The van der Waals surface area contributed by atoms with Gasteiger partial charge in [0.1, 0.15) is 5.69 Å². The number of para-hydroxylation sites is 1. The van der Waals surface area contributed by atoms with Crippen molar-refractivity contribution in [1.82, 2.24) is 9.78 Å². The highest BCUT2D eigenvalue weighted by atomic mass is 16.5. The number of aromatic nitrogens is 2. The molecule has 2 aromatic rings. The van der Waals surface area contributed by atoms with Gasteiger partial charge in [0.05, 0.1) is 17.9 Å². The van der Waals surface area contributed by atoms with E-state index in [1.165, 1.54) is 0 Å². The topological polar surface area (TPSA) is 70.1 Å². The molecule has 88 valence electrons. The number of nitrogens with two attached hydrogens (primary N) is 1. The van der Waals surface area contributed by atoms with Crippen LogP contribution in [0.15, 0.2) is 36.7 Å². The van der Waals surface area contributed by atoms with Crippen molar-refractivity contribution >= 4 is 11.7 Å². The summed E-state index contributed by atoms with van der Waals surface area (Å²) in [5.41, 5.74) is 7.33. The Labute approximate surface area is 98.8 Å². The number of hydrogen-bond acceptors (Lipinski definition) is 4. The Morgan fingerprint density at radius 1 is 1.47 bits per heavy atom. The predicted molar refractivity (Wildman–Crippen MR) is 63.9 cm³/mol. The minimum atomic E-state index is -0.398. The molecule has 2 rings (SSSR count). The first-order valence-corrected chi connectivity index (χ1v) is 5.29. The summed E-state index contributed by atoms with van der Waals surface area (Å²) in [7, 11) is 0. The van der Waals surface area contributed by atoms with E-state index < -0.39 is 5.97 Å². The zero-order valence-electron chi connectivity index (χ0n) is 9.46. The van der Waals surface area contributed by atoms with E-state index in [0.717, 1.165) is 0 Å². The van der Waals surface area contributed by atoms with Crippen LogP contribution >= 0.6 is 0 Å². The molecule has 0 aliphatic heterocycles. The Balaban J connectivity index is 2.53. The van der Waals surface area contributed by atoms with Gasteiger partial charge in [0.15, 0.2) is 0 Å². The Kier molecular flexibility index (Phi) is 3.09. The quantitative estimate of drug-likeness (QED) is 0.643. The minimum absolute atomic E-state index is 0.326. The van der Waals surface area contributed by atoms with Crippen LogP contribution in [0.4, 0.5) is 5.69 Å². The number of nitrogen functional groups attached to an aromatic ring is 1. The van der Waals surface area contributed by atoms with E-state index in [0.29, 0.717) is 23.5 Å². The highest BCUT2D eigenvalue weighted by Gasteiger charge is 2.16. The number of carbonyl (C=O) groups excluding carboxylic acids is 1. The van der Waals surface area contributed by atoms with Gasteiger partial charge in [-0.1, -0.05) is 6.07 Å². The number of anilines is 1. The molecule has 0 unspecified atom stereocenters. The number of nitrogens with zero attached hydrogens (tertiary/aromatic N) is 2. The van der Waals surface area contributed by atoms with Gasteiger partial charge in [-0.2, -0.15) is 5.10 Å². The maximum Gasteiger partial charge on any atom is 0.340 e. The number of hydrogen-bond donors (Lipinski definition) is 1. The Morgan fingerprint density at radius 2 is 2.29 bits per heavy atom. The summed E-state index contributed by atoms with van der Waals surface area (Å²) in [5.74, 6) is -0.398. The average Bonchev–Trinajstić information content (AvgIpc) is 2.82. The van der Waals surface area contributed by atoms with E-state index >= 15 is 0 Å².